The molecule has 0 aliphatic carbocycles. The van der Waals surface area contributed by atoms with Crippen LogP contribution in [0.4, 0.5) is 0 Å². The smallest absolute Gasteiger partial charge is 0.0558 e. The van der Waals surface area contributed by atoms with Gasteiger partial charge in [-0.1, -0.05) is 6.42 Å². The first-order chi connectivity index (χ1) is 5.86. The van der Waals surface area contributed by atoms with Gasteiger partial charge >= 0.3 is 0 Å². The van der Waals surface area contributed by atoms with Crippen molar-refractivity contribution < 1.29 is 10.2 Å². The number of likely N-dealkylation sites (tertiary alicyclic amines) is 1. The molecule has 0 spiro atoms. The number of nitrogens with zero attached hydrogens (tertiary/aromatic N) is 1. The Labute approximate surface area is 74.0 Å². The Balaban J connectivity index is 1.88. The lowest BCUT2D eigenvalue weighted by Crippen LogP contribution is -2.47. The number of rotatable bonds is 6. The van der Waals surface area contributed by atoms with Crippen molar-refractivity contribution in [2.45, 2.75) is 19.3 Å². The molecule has 0 aromatic heterocycles. The van der Waals surface area contributed by atoms with Crippen LogP contribution >= 0.6 is 0 Å². The van der Waals surface area contributed by atoms with Crippen molar-refractivity contribution in [3.05, 3.63) is 0 Å². The van der Waals surface area contributed by atoms with Gasteiger partial charge in [0.05, 0.1) is 6.61 Å². The van der Waals surface area contributed by atoms with Crippen molar-refractivity contribution >= 4 is 0 Å². The van der Waals surface area contributed by atoms with E-state index in [9.17, 15) is 0 Å². The quantitative estimate of drug-likeness (QED) is 0.559. The molecule has 12 heavy (non-hydrogen) atoms. The highest BCUT2D eigenvalue weighted by molar-refractivity contribution is 4.78. The Kier molecular flexibility index (Phi) is 4.58. The van der Waals surface area contributed by atoms with Crippen molar-refractivity contribution in [3.8, 4) is 0 Å². The van der Waals surface area contributed by atoms with E-state index in [2.05, 4.69) is 4.90 Å². The van der Waals surface area contributed by atoms with Crippen molar-refractivity contribution in [1.29, 1.82) is 0 Å². The van der Waals surface area contributed by atoms with Crippen LogP contribution in [0.3, 0.4) is 0 Å². The third-order valence-corrected chi connectivity index (χ3v) is 2.47. The van der Waals surface area contributed by atoms with Gasteiger partial charge in [-0.05, 0) is 18.8 Å². The average molecular weight is 173 g/mol. The zero-order valence-electron chi connectivity index (χ0n) is 7.58. The molecule has 3 heteroatoms. The molecule has 3 nitrogen and oxygen atoms in total. The number of aliphatic hydroxyl groups excluding tert-OH is 2. The summed E-state index contributed by atoms with van der Waals surface area (Å²) in [4.78, 5) is 2.27. The fraction of sp³-hybridized carbons (Fsp3) is 1.00. The average Bonchev–Trinajstić information content (AvgIpc) is 2.00. The molecule has 1 rings (SSSR count). The summed E-state index contributed by atoms with van der Waals surface area (Å²) in [6.07, 6.45) is 3.33. The lowest BCUT2D eigenvalue weighted by molar-refractivity contribution is 0.0710. The maximum absolute atomic E-state index is 8.63. The van der Waals surface area contributed by atoms with E-state index in [-0.39, 0.29) is 6.61 Å². The third kappa shape index (κ3) is 3.09. The van der Waals surface area contributed by atoms with Gasteiger partial charge in [-0.15, -0.1) is 0 Å². The highest BCUT2D eigenvalue weighted by Crippen LogP contribution is 2.20. The summed E-state index contributed by atoms with van der Waals surface area (Å²) >= 11 is 0. The van der Waals surface area contributed by atoms with Gasteiger partial charge in [-0.25, -0.2) is 0 Å². The van der Waals surface area contributed by atoms with Crippen molar-refractivity contribution in [2.75, 3.05) is 32.8 Å². The minimum atomic E-state index is 0.281. The van der Waals surface area contributed by atoms with E-state index in [4.69, 9.17) is 10.2 Å². The highest BCUT2D eigenvalue weighted by atomic mass is 16.3. The second-order valence-corrected chi connectivity index (χ2v) is 3.57. The molecule has 0 unspecified atom stereocenters. The molecule has 1 heterocycles. The Morgan fingerprint density at radius 1 is 1.08 bits per heavy atom. The Bertz CT molecular complexity index is 110. The Morgan fingerprint density at radius 2 is 1.83 bits per heavy atom. The second-order valence-electron chi connectivity index (χ2n) is 3.57. The molecule has 0 saturated carbocycles. The predicted molar refractivity (Wildman–Crippen MR) is 48.0 cm³/mol. The summed E-state index contributed by atoms with van der Waals surface area (Å²) < 4.78 is 0. The zero-order valence-corrected chi connectivity index (χ0v) is 7.58. The van der Waals surface area contributed by atoms with Crippen molar-refractivity contribution in [1.82, 2.24) is 4.90 Å². The van der Waals surface area contributed by atoms with Gasteiger partial charge in [0.25, 0.3) is 0 Å². The molecule has 1 aliphatic rings. The number of aliphatic hydroxyl groups is 2. The number of hydrogen-bond donors (Lipinski definition) is 2. The molecule has 0 aromatic rings. The molecular formula is C9H19NO2. The number of hydrogen-bond acceptors (Lipinski definition) is 3. The standard InChI is InChI=1S/C9H19NO2/c11-5-2-1-3-9-7-10(8-9)4-6-12/h9,11-12H,1-8H2. The van der Waals surface area contributed by atoms with Crippen LogP contribution in [0.1, 0.15) is 19.3 Å². The minimum Gasteiger partial charge on any atom is -0.396 e. The molecule has 0 radical (unpaired) electrons. The molecule has 1 fully saturated rings. The van der Waals surface area contributed by atoms with Gasteiger partial charge in [0, 0.05) is 26.2 Å². The Hall–Kier alpha value is -0.120. The molecule has 0 bridgehead atoms. The summed E-state index contributed by atoms with van der Waals surface area (Å²) in [5.41, 5.74) is 0. The lowest BCUT2D eigenvalue weighted by atomic mass is 9.94. The van der Waals surface area contributed by atoms with Gasteiger partial charge in [0.1, 0.15) is 0 Å². The summed E-state index contributed by atoms with van der Waals surface area (Å²) in [6, 6.07) is 0. The molecule has 0 amide bonds. The second kappa shape index (κ2) is 5.51. The SMILES string of the molecule is OCCCCC1CN(CCO)C1. The predicted octanol–water partition coefficient (Wildman–Crippen LogP) is 0.0731. The van der Waals surface area contributed by atoms with Gasteiger partial charge < -0.3 is 15.1 Å². The maximum Gasteiger partial charge on any atom is 0.0558 e. The van der Waals surface area contributed by atoms with Crippen LogP contribution in [0, 0.1) is 5.92 Å². The van der Waals surface area contributed by atoms with E-state index in [1.165, 1.54) is 6.42 Å². The number of β-amino-alcohol motifs (C(OH)–C–C–N with tert-alkyl or cyclic N) is 1. The van der Waals surface area contributed by atoms with Crippen LogP contribution in [0.2, 0.25) is 0 Å². The molecule has 0 aromatic carbocycles. The molecule has 72 valence electrons. The topological polar surface area (TPSA) is 43.7 Å². The minimum absolute atomic E-state index is 0.281. The fourth-order valence-corrected chi connectivity index (χ4v) is 1.73. The largest absolute Gasteiger partial charge is 0.396 e. The van der Waals surface area contributed by atoms with E-state index in [1.807, 2.05) is 0 Å². The van der Waals surface area contributed by atoms with Crippen LogP contribution in [0.15, 0.2) is 0 Å². The van der Waals surface area contributed by atoms with Gasteiger partial charge in [0.2, 0.25) is 0 Å². The summed E-state index contributed by atoms with van der Waals surface area (Å²) in [5.74, 6) is 0.822. The molecule has 1 aliphatic heterocycles. The Morgan fingerprint density at radius 3 is 2.42 bits per heavy atom. The van der Waals surface area contributed by atoms with Crippen LogP contribution in [0.5, 0.6) is 0 Å². The first-order valence-electron chi connectivity index (χ1n) is 4.81. The van der Waals surface area contributed by atoms with Crippen LogP contribution in [-0.4, -0.2) is 48.0 Å². The molecule has 0 atom stereocenters. The summed E-state index contributed by atoms with van der Waals surface area (Å²) in [6.45, 7) is 3.73. The fourth-order valence-electron chi connectivity index (χ4n) is 1.73. The van der Waals surface area contributed by atoms with E-state index in [0.29, 0.717) is 6.61 Å². The van der Waals surface area contributed by atoms with Gasteiger partial charge in [-0.3, -0.25) is 0 Å². The zero-order chi connectivity index (χ0) is 8.81. The van der Waals surface area contributed by atoms with E-state index in [1.54, 1.807) is 0 Å². The molecule has 2 N–H and O–H groups in total. The lowest BCUT2D eigenvalue weighted by Gasteiger charge is -2.39. The van der Waals surface area contributed by atoms with E-state index in [0.717, 1.165) is 38.4 Å². The van der Waals surface area contributed by atoms with E-state index >= 15 is 0 Å². The first-order valence-corrected chi connectivity index (χ1v) is 4.81. The third-order valence-electron chi connectivity index (χ3n) is 2.47. The van der Waals surface area contributed by atoms with E-state index < -0.39 is 0 Å². The molecule has 1 saturated heterocycles. The summed E-state index contributed by atoms with van der Waals surface area (Å²) in [5, 5.41) is 17.2. The van der Waals surface area contributed by atoms with Gasteiger partial charge in [0.15, 0.2) is 0 Å². The van der Waals surface area contributed by atoms with Crippen molar-refractivity contribution in [2.24, 2.45) is 5.92 Å². The summed E-state index contributed by atoms with van der Waals surface area (Å²) in [7, 11) is 0. The van der Waals surface area contributed by atoms with Crippen molar-refractivity contribution in [3.63, 3.8) is 0 Å². The highest BCUT2D eigenvalue weighted by Gasteiger charge is 2.24. The van der Waals surface area contributed by atoms with Crippen LogP contribution in [-0.2, 0) is 0 Å². The number of unbranched alkanes of at least 4 members (excludes halogenated alkanes) is 1. The first kappa shape index (κ1) is 9.96. The van der Waals surface area contributed by atoms with Crippen LogP contribution in [0.25, 0.3) is 0 Å². The molecular weight excluding hydrogens is 154 g/mol. The monoisotopic (exact) mass is 173 g/mol. The normalized spacial score (nSPS) is 19.5. The van der Waals surface area contributed by atoms with Crippen LogP contribution < -0.4 is 0 Å². The maximum atomic E-state index is 8.63. The van der Waals surface area contributed by atoms with Gasteiger partial charge in [-0.2, -0.15) is 0 Å².